The van der Waals surface area contributed by atoms with Crippen LogP contribution in [0.4, 0.5) is 21.0 Å². The predicted octanol–water partition coefficient (Wildman–Crippen LogP) is 6.62. The summed E-state index contributed by atoms with van der Waals surface area (Å²) >= 11 is 4.64. The lowest BCUT2D eigenvalue weighted by Crippen LogP contribution is -2.55. The largest absolute Gasteiger partial charge is 0.493 e. The van der Waals surface area contributed by atoms with Gasteiger partial charge in [0.25, 0.3) is 5.91 Å². The van der Waals surface area contributed by atoms with Crippen LogP contribution in [0.25, 0.3) is 10.8 Å². The summed E-state index contributed by atoms with van der Waals surface area (Å²) < 4.78 is 23.4. The van der Waals surface area contributed by atoms with Gasteiger partial charge < -0.3 is 43.7 Å². The molecule has 0 aliphatic carbocycles. The van der Waals surface area contributed by atoms with Gasteiger partial charge >= 0.3 is 12.2 Å². The first-order valence-electron chi connectivity index (χ1n) is 20.5. The number of fused-ring (bicyclic) bond motifs is 5. The van der Waals surface area contributed by atoms with Crippen molar-refractivity contribution in [2.24, 2.45) is 0 Å². The molecule has 61 heavy (non-hydrogen) atoms. The molecule has 4 aromatic rings. The van der Waals surface area contributed by atoms with Gasteiger partial charge in [-0.05, 0) is 60.9 Å². The van der Waals surface area contributed by atoms with Crippen molar-refractivity contribution in [3.63, 3.8) is 0 Å². The molecule has 2 unspecified atom stereocenters. The fourth-order valence-corrected chi connectivity index (χ4v) is 8.57. The second kappa shape index (κ2) is 19.3. The minimum atomic E-state index is -1.35. The molecule has 2 fully saturated rings. The molecule has 0 bridgehead atoms. The van der Waals surface area contributed by atoms with Crippen LogP contribution in [-0.2, 0) is 29.0 Å². The molecule has 0 saturated carbocycles. The molecule has 4 heterocycles. The van der Waals surface area contributed by atoms with Crippen LogP contribution in [0.1, 0.15) is 46.3 Å². The van der Waals surface area contributed by atoms with E-state index in [1.165, 1.54) is 31.7 Å². The maximum atomic E-state index is 14.0. The van der Waals surface area contributed by atoms with E-state index in [1.807, 2.05) is 61.6 Å². The van der Waals surface area contributed by atoms with Gasteiger partial charge in [-0.1, -0.05) is 61.2 Å². The lowest BCUT2D eigenvalue weighted by Gasteiger charge is -2.38. The Kier molecular flexibility index (Phi) is 13.7. The number of carbonyl (C=O) groups is 4. The number of hydrogen-bond acceptors (Lipinski definition) is 10. The van der Waals surface area contributed by atoms with Gasteiger partial charge in [0.1, 0.15) is 19.0 Å². The number of alkyl halides is 1. The average molecular weight is 854 g/mol. The molecule has 0 spiro atoms. The van der Waals surface area contributed by atoms with E-state index < -0.39 is 24.5 Å². The highest BCUT2D eigenvalue weighted by Crippen LogP contribution is 2.43. The summed E-state index contributed by atoms with van der Waals surface area (Å²) in [6, 6.07) is 19.6. The molecule has 15 heteroatoms. The van der Waals surface area contributed by atoms with Crippen molar-refractivity contribution in [3.8, 4) is 17.2 Å². The number of halogens is 1. The van der Waals surface area contributed by atoms with Gasteiger partial charge in [0.2, 0.25) is 5.91 Å². The molecule has 2 atom stereocenters. The molecule has 4 aliphatic rings. The molecular formula is C46H52ClN5O9. The smallest absolute Gasteiger partial charge is 0.416 e. The molecule has 4 aromatic carbocycles. The molecule has 1 N–H and O–H groups in total. The lowest BCUT2D eigenvalue weighted by molar-refractivity contribution is -0.117. The standard InChI is InChI=1S/C45H49N5O9.CH3Cl/c1-4-22-57-45(55)50-37-27-40(39(56-3)25-34(37)42(52)49-16-8-7-14-35(49)43(50)53)58-28-30-11-9-10-29(23-30)24-41(51)48-17-15-32-31-12-5-6-13-33(31)38(26-36(32)48)59-44(54)47-20-18-46(2)19-21-47;1-2/h4-6,9-13,23,25-27,35,43,53H,1,7-8,14-22,24,28H2,2-3H3;1H3. The Bertz CT molecular complexity index is 2300. The van der Waals surface area contributed by atoms with E-state index in [0.717, 1.165) is 64.0 Å². The zero-order valence-electron chi connectivity index (χ0n) is 34.8. The van der Waals surface area contributed by atoms with Gasteiger partial charge in [-0.2, -0.15) is 0 Å². The van der Waals surface area contributed by atoms with Crippen LogP contribution in [0.5, 0.6) is 17.2 Å². The third-order valence-electron chi connectivity index (χ3n) is 11.7. The number of amides is 4. The van der Waals surface area contributed by atoms with Crippen molar-refractivity contribution < 1.29 is 43.2 Å². The quantitative estimate of drug-likeness (QED) is 0.144. The van der Waals surface area contributed by atoms with Crippen LogP contribution in [-0.4, -0.2) is 122 Å². The number of piperidine rings is 1. The van der Waals surface area contributed by atoms with E-state index in [-0.39, 0.29) is 54.2 Å². The number of carbonyl (C=O) groups excluding carboxylic acids is 4. The maximum absolute atomic E-state index is 14.0. The van der Waals surface area contributed by atoms with E-state index in [1.54, 1.807) is 14.7 Å². The van der Waals surface area contributed by atoms with Crippen LogP contribution in [0.15, 0.2) is 79.4 Å². The normalized spacial score (nSPS) is 18.5. The Morgan fingerprint density at radius 2 is 1.59 bits per heavy atom. The SMILES string of the molecule is C=CCOC(=O)N1c2cc(OCc3cccc(CC(=O)N4CCc5c4cc(OC(=O)N4CCN(C)CC4)c4ccccc54)c3)c(OC)cc2C(=O)N2CCCCC2C1O.CCl. The van der Waals surface area contributed by atoms with Gasteiger partial charge in [0, 0.05) is 63.2 Å². The topological polar surface area (TPSA) is 142 Å². The molecule has 14 nitrogen and oxygen atoms in total. The maximum Gasteiger partial charge on any atom is 0.416 e. The predicted molar refractivity (Wildman–Crippen MR) is 233 cm³/mol. The molecule has 0 aromatic heterocycles. The first-order valence-corrected chi connectivity index (χ1v) is 21.3. The second-order valence-corrected chi connectivity index (χ2v) is 15.4. The number of rotatable bonds is 9. The summed E-state index contributed by atoms with van der Waals surface area (Å²) in [4.78, 5) is 63.0. The fourth-order valence-electron chi connectivity index (χ4n) is 8.57. The zero-order valence-corrected chi connectivity index (χ0v) is 35.6. The van der Waals surface area contributed by atoms with Crippen molar-refractivity contribution in [3.05, 3.63) is 102 Å². The summed E-state index contributed by atoms with van der Waals surface area (Å²) in [6.45, 7) is 7.29. The molecule has 2 saturated heterocycles. The van der Waals surface area contributed by atoms with Gasteiger partial charge in [0.05, 0.1) is 36.5 Å². The number of hydrogen-bond donors (Lipinski definition) is 1. The Labute approximate surface area is 360 Å². The van der Waals surface area contributed by atoms with Crippen molar-refractivity contribution in [2.45, 2.75) is 51.0 Å². The molecule has 4 amide bonds. The molecule has 322 valence electrons. The number of aliphatic hydroxyl groups is 1. The second-order valence-electron chi connectivity index (χ2n) is 15.4. The number of ether oxygens (including phenoxy) is 4. The van der Waals surface area contributed by atoms with Crippen LogP contribution in [0.2, 0.25) is 0 Å². The van der Waals surface area contributed by atoms with E-state index in [9.17, 15) is 24.3 Å². The summed E-state index contributed by atoms with van der Waals surface area (Å²) in [5.74, 6) is 0.549. The van der Waals surface area contributed by atoms with Gasteiger partial charge in [-0.25, -0.2) is 14.5 Å². The number of nitrogens with zero attached hydrogens (tertiary/aromatic N) is 5. The van der Waals surface area contributed by atoms with E-state index in [0.29, 0.717) is 44.8 Å². The van der Waals surface area contributed by atoms with Crippen molar-refractivity contribution in [1.29, 1.82) is 0 Å². The van der Waals surface area contributed by atoms with Crippen LogP contribution in [0, 0.1) is 0 Å². The van der Waals surface area contributed by atoms with Crippen LogP contribution < -0.4 is 24.0 Å². The summed E-state index contributed by atoms with van der Waals surface area (Å²) in [7, 11) is 3.50. The number of aliphatic hydroxyl groups excluding tert-OH is 1. The third-order valence-corrected chi connectivity index (χ3v) is 11.7. The molecule has 4 aliphatic heterocycles. The average Bonchev–Trinajstić information content (AvgIpc) is 3.69. The zero-order chi connectivity index (χ0) is 43.2. The van der Waals surface area contributed by atoms with Gasteiger partial charge in [0.15, 0.2) is 17.7 Å². The number of anilines is 2. The van der Waals surface area contributed by atoms with Crippen molar-refractivity contribution in [1.82, 2.24) is 14.7 Å². The van der Waals surface area contributed by atoms with E-state index >= 15 is 0 Å². The molecule has 0 radical (unpaired) electrons. The van der Waals surface area contributed by atoms with Gasteiger partial charge in [-0.3, -0.25) is 9.59 Å². The number of piperazine rings is 1. The minimum Gasteiger partial charge on any atom is -0.493 e. The molecular weight excluding hydrogens is 802 g/mol. The fraction of sp³-hybridized carbons (Fsp3) is 0.391. The highest BCUT2D eigenvalue weighted by atomic mass is 35.5. The summed E-state index contributed by atoms with van der Waals surface area (Å²) in [5, 5.41) is 13.4. The summed E-state index contributed by atoms with van der Waals surface area (Å²) in [5.41, 5.74) is 3.67. The Morgan fingerprint density at radius 1 is 0.852 bits per heavy atom. The number of benzene rings is 4. The van der Waals surface area contributed by atoms with E-state index in [4.69, 9.17) is 18.9 Å². The molecule has 8 rings (SSSR count). The Morgan fingerprint density at radius 3 is 2.34 bits per heavy atom. The van der Waals surface area contributed by atoms with E-state index in [2.05, 4.69) is 23.1 Å². The van der Waals surface area contributed by atoms with Crippen LogP contribution >= 0.6 is 11.6 Å². The van der Waals surface area contributed by atoms with Crippen molar-refractivity contribution >= 4 is 57.7 Å². The highest BCUT2D eigenvalue weighted by Gasteiger charge is 2.44. The summed E-state index contributed by atoms with van der Waals surface area (Å²) in [6.07, 6.45) is 3.26. The monoisotopic (exact) mass is 853 g/mol. The van der Waals surface area contributed by atoms with Gasteiger partial charge in [-0.15, -0.1) is 11.6 Å². The number of methoxy groups -OCH3 is 1. The minimum absolute atomic E-state index is 0.0733. The highest BCUT2D eigenvalue weighted by molar-refractivity contribution is 6.15. The first kappa shape index (κ1) is 43.3. The Balaban J connectivity index is 0.00000277. The van der Waals surface area contributed by atoms with Crippen LogP contribution in [0.3, 0.4) is 0 Å². The lowest BCUT2D eigenvalue weighted by atomic mass is 10.0. The Hall–Kier alpha value is -5.83. The first-order chi connectivity index (χ1) is 29.6. The third kappa shape index (κ3) is 8.97. The number of likely N-dealkylation sites (N-methyl/N-ethyl adjacent to an activating group) is 1. The van der Waals surface area contributed by atoms with Crippen molar-refractivity contribution in [2.75, 3.05) is 76.2 Å².